The summed E-state index contributed by atoms with van der Waals surface area (Å²) in [4.78, 5) is 13.2. The first kappa shape index (κ1) is 13.2. The smallest absolute Gasteiger partial charge is 0.335 e. The molecule has 1 aliphatic rings. The largest absolute Gasteiger partial charge is 0.478 e. The minimum absolute atomic E-state index is 0.237. The van der Waals surface area contributed by atoms with E-state index in [-0.39, 0.29) is 5.56 Å². The molecule has 3 nitrogen and oxygen atoms in total. The van der Waals surface area contributed by atoms with Gasteiger partial charge in [-0.2, -0.15) is 0 Å². The number of hydrogen-bond acceptors (Lipinski definition) is 2. The standard InChI is InChI=1S/C14H18ClNO2/c1-9-4-3-7-16(10(9)2)13-6-5-11(14(17)18)8-12(13)15/h5-6,8-10H,3-4,7H2,1-2H3,(H,17,18). The molecule has 2 atom stereocenters. The number of benzene rings is 1. The van der Waals surface area contributed by atoms with Crippen molar-refractivity contribution in [1.82, 2.24) is 0 Å². The summed E-state index contributed by atoms with van der Waals surface area (Å²) in [5, 5.41) is 9.46. The van der Waals surface area contributed by atoms with E-state index >= 15 is 0 Å². The normalized spacial score (nSPS) is 24.1. The monoisotopic (exact) mass is 267 g/mol. The van der Waals surface area contributed by atoms with E-state index in [1.54, 1.807) is 6.07 Å². The Morgan fingerprint density at radius 3 is 2.78 bits per heavy atom. The number of carboxylic acids is 1. The molecule has 1 aliphatic heterocycles. The summed E-state index contributed by atoms with van der Waals surface area (Å²) in [6.07, 6.45) is 2.39. The van der Waals surface area contributed by atoms with E-state index in [2.05, 4.69) is 18.7 Å². The lowest BCUT2D eigenvalue weighted by Crippen LogP contribution is -2.42. The van der Waals surface area contributed by atoms with Crippen LogP contribution in [0.25, 0.3) is 0 Å². The van der Waals surface area contributed by atoms with Crippen LogP contribution in [0.5, 0.6) is 0 Å². The Balaban J connectivity index is 2.30. The summed E-state index contributed by atoms with van der Waals surface area (Å²) in [5.41, 5.74) is 1.18. The first-order valence-electron chi connectivity index (χ1n) is 6.30. The summed E-state index contributed by atoms with van der Waals surface area (Å²) < 4.78 is 0. The van der Waals surface area contributed by atoms with Gasteiger partial charge in [-0.05, 0) is 43.9 Å². The van der Waals surface area contributed by atoms with E-state index < -0.39 is 5.97 Å². The van der Waals surface area contributed by atoms with Crippen molar-refractivity contribution in [3.63, 3.8) is 0 Å². The number of halogens is 1. The van der Waals surface area contributed by atoms with Crippen molar-refractivity contribution in [2.75, 3.05) is 11.4 Å². The summed E-state index contributed by atoms with van der Waals surface area (Å²) >= 11 is 6.21. The van der Waals surface area contributed by atoms with Crippen LogP contribution < -0.4 is 4.90 Å². The lowest BCUT2D eigenvalue weighted by molar-refractivity contribution is 0.0697. The van der Waals surface area contributed by atoms with Crippen LogP contribution in [0, 0.1) is 5.92 Å². The summed E-state index contributed by atoms with van der Waals surface area (Å²) in [6, 6.07) is 5.41. The fraction of sp³-hybridized carbons (Fsp3) is 0.500. The number of hydrogen-bond donors (Lipinski definition) is 1. The van der Waals surface area contributed by atoms with Crippen LogP contribution in [0.15, 0.2) is 18.2 Å². The fourth-order valence-corrected chi connectivity index (χ4v) is 2.84. The molecule has 0 spiro atoms. The summed E-state index contributed by atoms with van der Waals surface area (Å²) in [5.74, 6) is -0.308. The highest BCUT2D eigenvalue weighted by molar-refractivity contribution is 6.33. The Kier molecular flexibility index (Phi) is 3.81. The molecule has 0 aromatic heterocycles. The van der Waals surface area contributed by atoms with E-state index in [4.69, 9.17) is 16.7 Å². The molecule has 1 heterocycles. The second kappa shape index (κ2) is 5.19. The molecule has 98 valence electrons. The van der Waals surface area contributed by atoms with Crippen molar-refractivity contribution in [2.24, 2.45) is 5.92 Å². The zero-order chi connectivity index (χ0) is 13.3. The van der Waals surface area contributed by atoms with E-state index in [1.807, 2.05) is 6.07 Å². The van der Waals surface area contributed by atoms with Gasteiger partial charge in [0.25, 0.3) is 0 Å². The van der Waals surface area contributed by atoms with Crippen LogP contribution in [0.3, 0.4) is 0 Å². The molecule has 1 fully saturated rings. The van der Waals surface area contributed by atoms with Gasteiger partial charge in [-0.15, -0.1) is 0 Å². The maximum Gasteiger partial charge on any atom is 0.335 e. The topological polar surface area (TPSA) is 40.5 Å². The molecule has 1 aromatic rings. The van der Waals surface area contributed by atoms with Gasteiger partial charge < -0.3 is 10.0 Å². The van der Waals surface area contributed by atoms with E-state index in [0.29, 0.717) is 17.0 Å². The molecule has 1 saturated heterocycles. The zero-order valence-electron chi connectivity index (χ0n) is 10.7. The van der Waals surface area contributed by atoms with Crippen LogP contribution in [0.1, 0.15) is 37.0 Å². The van der Waals surface area contributed by atoms with Gasteiger partial charge in [-0.25, -0.2) is 4.79 Å². The Bertz CT molecular complexity index is 461. The fourth-order valence-electron chi connectivity index (χ4n) is 2.55. The molecule has 18 heavy (non-hydrogen) atoms. The quantitative estimate of drug-likeness (QED) is 0.889. The predicted molar refractivity (Wildman–Crippen MR) is 73.6 cm³/mol. The third kappa shape index (κ3) is 2.46. The van der Waals surface area contributed by atoms with Crippen molar-refractivity contribution < 1.29 is 9.90 Å². The average molecular weight is 268 g/mol. The third-order valence-electron chi connectivity index (χ3n) is 3.88. The van der Waals surface area contributed by atoms with Gasteiger partial charge >= 0.3 is 5.97 Å². The number of piperidine rings is 1. The molecule has 2 unspecified atom stereocenters. The Hall–Kier alpha value is -1.22. The summed E-state index contributed by atoms with van der Waals surface area (Å²) in [7, 11) is 0. The SMILES string of the molecule is CC1CCCN(c2ccc(C(=O)O)cc2Cl)C1C. The minimum atomic E-state index is -0.941. The second-order valence-corrected chi connectivity index (χ2v) is 5.43. The Morgan fingerprint density at radius 1 is 1.44 bits per heavy atom. The van der Waals surface area contributed by atoms with Gasteiger partial charge in [0.15, 0.2) is 0 Å². The number of carbonyl (C=O) groups is 1. The molecule has 1 N–H and O–H groups in total. The van der Waals surface area contributed by atoms with E-state index in [0.717, 1.165) is 18.7 Å². The molecule has 0 bridgehead atoms. The lowest BCUT2D eigenvalue weighted by atomic mass is 9.91. The molecule has 0 amide bonds. The third-order valence-corrected chi connectivity index (χ3v) is 4.18. The van der Waals surface area contributed by atoms with Gasteiger partial charge in [0.1, 0.15) is 0 Å². The Labute approximate surface area is 112 Å². The molecule has 2 rings (SSSR count). The lowest BCUT2D eigenvalue weighted by Gasteiger charge is -2.40. The molecular formula is C14H18ClNO2. The van der Waals surface area contributed by atoms with Crippen LogP contribution in [0.4, 0.5) is 5.69 Å². The first-order chi connectivity index (χ1) is 8.50. The molecule has 0 aliphatic carbocycles. The maximum atomic E-state index is 10.9. The molecule has 4 heteroatoms. The summed E-state index contributed by atoms with van der Waals surface area (Å²) in [6.45, 7) is 5.43. The number of carboxylic acid groups (broad SMARTS) is 1. The molecule has 1 aromatic carbocycles. The van der Waals surface area contributed by atoms with E-state index in [1.165, 1.54) is 12.5 Å². The zero-order valence-corrected chi connectivity index (χ0v) is 11.4. The molecule has 0 saturated carbocycles. The van der Waals surface area contributed by atoms with Crippen LogP contribution in [0.2, 0.25) is 5.02 Å². The van der Waals surface area contributed by atoms with Crippen LogP contribution in [-0.2, 0) is 0 Å². The van der Waals surface area contributed by atoms with Crippen molar-refractivity contribution in [1.29, 1.82) is 0 Å². The average Bonchev–Trinajstić information content (AvgIpc) is 2.33. The second-order valence-electron chi connectivity index (χ2n) is 5.02. The van der Waals surface area contributed by atoms with Crippen LogP contribution >= 0.6 is 11.6 Å². The number of aromatic carboxylic acids is 1. The predicted octanol–water partition coefficient (Wildman–Crippen LogP) is 3.66. The molecule has 0 radical (unpaired) electrons. The van der Waals surface area contributed by atoms with E-state index in [9.17, 15) is 4.79 Å². The van der Waals surface area contributed by atoms with Gasteiger partial charge in [-0.3, -0.25) is 0 Å². The number of nitrogens with zero attached hydrogens (tertiary/aromatic N) is 1. The number of rotatable bonds is 2. The van der Waals surface area contributed by atoms with Gasteiger partial charge in [0.05, 0.1) is 16.3 Å². The van der Waals surface area contributed by atoms with Crippen molar-refractivity contribution in [2.45, 2.75) is 32.7 Å². The highest BCUT2D eigenvalue weighted by Crippen LogP contribution is 2.33. The van der Waals surface area contributed by atoms with Gasteiger partial charge in [0, 0.05) is 12.6 Å². The highest BCUT2D eigenvalue weighted by atomic mass is 35.5. The Morgan fingerprint density at radius 2 is 2.17 bits per heavy atom. The first-order valence-corrected chi connectivity index (χ1v) is 6.68. The van der Waals surface area contributed by atoms with Crippen molar-refractivity contribution in [3.8, 4) is 0 Å². The maximum absolute atomic E-state index is 10.9. The molecular weight excluding hydrogens is 250 g/mol. The van der Waals surface area contributed by atoms with Gasteiger partial charge in [-0.1, -0.05) is 18.5 Å². The van der Waals surface area contributed by atoms with Gasteiger partial charge in [0.2, 0.25) is 0 Å². The van der Waals surface area contributed by atoms with Crippen molar-refractivity contribution >= 4 is 23.3 Å². The number of anilines is 1. The minimum Gasteiger partial charge on any atom is -0.478 e. The van der Waals surface area contributed by atoms with Crippen molar-refractivity contribution in [3.05, 3.63) is 28.8 Å². The van der Waals surface area contributed by atoms with Crippen LogP contribution in [-0.4, -0.2) is 23.7 Å². The highest BCUT2D eigenvalue weighted by Gasteiger charge is 2.26.